The van der Waals surface area contributed by atoms with E-state index >= 15 is 0 Å². The number of rotatable bonds is 3. The Morgan fingerprint density at radius 3 is 2.00 bits per heavy atom. The normalized spacial score (nSPS) is 11.2. The van der Waals surface area contributed by atoms with Crippen LogP contribution in [-0.2, 0) is 4.79 Å². The standard InChI is InChI=1S/C6H11Br2NO/c1-5(10)9-6(2,3-7)4-8/h3-4H2,1-2H3,(H,9,10). The predicted octanol–water partition coefficient (Wildman–Crippen LogP) is 1.67. The second-order valence-electron chi connectivity index (χ2n) is 2.51. The third-order valence-electron chi connectivity index (χ3n) is 1.07. The lowest BCUT2D eigenvalue weighted by Crippen LogP contribution is -2.47. The van der Waals surface area contributed by atoms with E-state index in [1.807, 2.05) is 6.92 Å². The fourth-order valence-electron chi connectivity index (χ4n) is 0.528. The largest absolute Gasteiger partial charge is 0.350 e. The molecule has 1 amide bonds. The number of amides is 1. The molecular formula is C6H11Br2NO. The molecule has 0 aliphatic carbocycles. The molecule has 0 rings (SSSR count). The second-order valence-corrected chi connectivity index (χ2v) is 3.63. The molecule has 0 spiro atoms. The highest BCUT2D eigenvalue weighted by molar-refractivity contribution is 9.09. The summed E-state index contributed by atoms with van der Waals surface area (Å²) in [4.78, 5) is 10.6. The van der Waals surface area contributed by atoms with Crippen LogP contribution < -0.4 is 5.32 Å². The van der Waals surface area contributed by atoms with Crippen molar-refractivity contribution in [3.63, 3.8) is 0 Å². The van der Waals surface area contributed by atoms with E-state index < -0.39 is 0 Å². The summed E-state index contributed by atoms with van der Waals surface area (Å²) < 4.78 is 0. The van der Waals surface area contributed by atoms with Gasteiger partial charge in [0, 0.05) is 17.6 Å². The van der Waals surface area contributed by atoms with Crippen molar-refractivity contribution in [1.29, 1.82) is 0 Å². The molecule has 0 heterocycles. The highest BCUT2D eigenvalue weighted by Gasteiger charge is 2.21. The van der Waals surface area contributed by atoms with Crippen LogP contribution in [0.15, 0.2) is 0 Å². The van der Waals surface area contributed by atoms with E-state index in [1.54, 1.807) is 0 Å². The Morgan fingerprint density at radius 1 is 1.50 bits per heavy atom. The van der Waals surface area contributed by atoms with Gasteiger partial charge in [0.25, 0.3) is 0 Å². The molecule has 0 saturated carbocycles. The highest BCUT2D eigenvalue weighted by atomic mass is 79.9. The van der Waals surface area contributed by atoms with Gasteiger partial charge in [-0.25, -0.2) is 0 Å². The summed E-state index contributed by atoms with van der Waals surface area (Å²) in [7, 11) is 0. The quantitative estimate of drug-likeness (QED) is 0.778. The molecule has 0 unspecified atom stereocenters. The molecule has 10 heavy (non-hydrogen) atoms. The number of carbonyl (C=O) groups excluding carboxylic acids is 1. The fourth-order valence-corrected chi connectivity index (χ4v) is 1.74. The van der Waals surface area contributed by atoms with Gasteiger partial charge in [-0.05, 0) is 6.92 Å². The summed E-state index contributed by atoms with van der Waals surface area (Å²) in [6.07, 6.45) is 0. The van der Waals surface area contributed by atoms with E-state index in [1.165, 1.54) is 6.92 Å². The van der Waals surface area contributed by atoms with Crippen molar-refractivity contribution in [1.82, 2.24) is 5.32 Å². The smallest absolute Gasteiger partial charge is 0.217 e. The predicted molar refractivity (Wildman–Crippen MR) is 49.8 cm³/mol. The number of halogens is 2. The highest BCUT2D eigenvalue weighted by Crippen LogP contribution is 2.10. The van der Waals surface area contributed by atoms with E-state index in [0.717, 1.165) is 10.7 Å². The maximum Gasteiger partial charge on any atom is 0.217 e. The van der Waals surface area contributed by atoms with Crippen molar-refractivity contribution >= 4 is 37.8 Å². The van der Waals surface area contributed by atoms with Crippen LogP contribution in [0.3, 0.4) is 0 Å². The molecule has 0 bridgehead atoms. The van der Waals surface area contributed by atoms with Gasteiger partial charge in [-0.2, -0.15) is 0 Å². The zero-order valence-electron chi connectivity index (χ0n) is 6.08. The molecule has 0 aromatic carbocycles. The molecule has 0 fully saturated rings. The molecule has 0 aromatic heterocycles. The van der Waals surface area contributed by atoms with Gasteiger partial charge in [-0.3, -0.25) is 4.79 Å². The van der Waals surface area contributed by atoms with Crippen LogP contribution in [0.2, 0.25) is 0 Å². The fraction of sp³-hybridized carbons (Fsp3) is 0.833. The number of alkyl halides is 2. The van der Waals surface area contributed by atoms with E-state index in [9.17, 15) is 4.79 Å². The first-order valence-electron chi connectivity index (χ1n) is 2.95. The number of nitrogens with one attached hydrogen (secondary N) is 1. The molecule has 2 nitrogen and oxygen atoms in total. The summed E-state index contributed by atoms with van der Waals surface area (Å²) in [6, 6.07) is 0. The lowest BCUT2D eigenvalue weighted by atomic mass is 10.1. The van der Waals surface area contributed by atoms with Gasteiger partial charge in [-0.1, -0.05) is 31.9 Å². The van der Waals surface area contributed by atoms with Crippen LogP contribution in [0.25, 0.3) is 0 Å². The molecule has 0 aromatic rings. The Bertz CT molecular complexity index is 123. The second kappa shape index (κ2) is 4.34. The van der Waals surface area contributed by atoms with Crippen molar-refractivity contribution in [2.45, 2.75) is 19.4 Å². The Hall–Kier alpha value is 0.430. The van der Waals surface area contributed by atoms with E-state index in [0.29, 0.717) is 0 Å². The molecular weight excluding hydrogens is 262 g/mol. The number of hydrogen-bond acceptors (Lipinski definition) is 1. The molecule has 0 atom stereocenters. The zero-order valence-corrected chi connectivity index (χ0v) is 9.25. The lowest BCUT2D eigenvalue weighted by Gasteiger charge is -2.25. The molecule has 1 N–H and O–H groups in total. The average Bonchev–Trinajstić information content (AvgIpc) is 1.87. The molecule has 4 heteroatoms. The van der Waals surface area contributed by atoms with Crippen LogP contribution in [0.1, 0.15) is 13.8 Å². The number of carbonyl (C=O) groups is 1. The van der Waals surface area contributed by atoms with Crippen LogP contribution in [0.4, 0.5) is 0 Å². The summed E-state index contributed by atoms with van der Waals surface area (Å²) in [6.45, 7) is 3.49. The summed E-state index contributed by atoms with van der Waals surface area (Å²) in [5, 5.41) is 4.33. The molecule has 60 valence electrons. The summed E-state index contributed by atoms with van der Waals surface area (Å²) in [5.74, 6) is 0.00130. The first-order chi connectivity index (χ1) is 4.54. The third-order valence-corrected chi connectivity index (χ3v) is 3.54. The van der Waals surface area contributed by atoms with Crippen molar-refractivity contribution in [3.05, 3.63) is 0 Å². The first kappa shape index (κ1) is 10.4. The van der Waals surface area contributed by atoms with Gasteiger partial charge < -0.3 is 5.32 Å². The van der Waals surface area contributed by atoms with E-state index in [2.05, 4.69) is 37.2 Å². The van der Waals surface area contributed by atoms with Crippen LogP contribution >= 0.6 is 31.9 Å². The van der Waals surface area contributed by atoms with Crippen molar-refractivity contribution in [3.8, 4) is 0 Å². The minimum Gasteiger partial charge on any atom is -0.350 e. The average molecular weight is 273 g/mol. The maximum absolute atomic E-state index is 10.6. The van der Waals surface area contributed by atoms with Crippen molar-refractivity contribution in [2.75, 3.05) is 10.7 Å². The number of hydrogen-bond donors (Lipinski definition) is 1. The van der Waals surface area contributed by atoms with Crippen molar-refractivity contribution in [2.24, 2.45) is 0 Å². The van der Waals surface area contributed by atoms with E-state index in [-0.39, 0.29) is 11.4 Å². The Balaban J connectivity index is 3.92. The first-order valence-corrected chi connectivity index (χ1v) is 5.19. The Morgan fingerprint density at radius 2 is 1.90 bits per heavy atom. The van der Waals surface area contributed by atoms with Gasteiger partial charge in [0.15, 0.2) is 0 Å². The van der Waals surface area contributed by atoms with Gasteiger partial charge in [0.1, 0.15) is 0 Å². The van der Waals surface area contributed by atoms with Crippen LogP contribution in [-0.4, -0.2) is 22.1 Å². The molecule has 0 radical (unpaired) electrons. The van der Waals surface area contributed by atoms with Crippen LogP contribution in [0.5, 0.6) is 0 Å². The Kier molecular flexibility index (Phi) is 4.52. The summed E-state index contributed by atoms with van der Waals surface area (Å²) >= 11 is 6.63. The molecule has 0 aliphatic heterocycles. The van der Waals surface area contributed by atoms with Gasteiger partial charge in [-0.15, -0.1) is 0 Å². The van der Waals surface area contributed by atoms with E-state index in [4.69, 9.17) is 0 Å². The maximum atomic E-state index is 10.6. The van der Waals surface area contributed by atoms with Gasteiger partial charge >= 0.3 is 0 Å². The lowest BCUT2D eigenvalue weighted by molar-refractivity contribution is -0.120. The van der Waals surface area contributed by atoms with Gasteiger partial charge in [0.05, 0.1) is 5.54 Å². The monoisotopic (exact) mass is 271 g/mol. The zero-order chi connectivity index (χ0) is 8.20. The topological polar surface area (TPSA) is 29.1 Å². The summed E-state index contributed by atoms with van der Waals surface area (Å²) in [5.41, 5.74) is -0.161. The van der Waals surface area contributed by atoms with Crippen LogP contribution in [0, 0.1) is 0 Å². The van der Waals surface area contributed by atoms with Crippen molar-refractivity contribution < 1.29 is 4.79 Å². The Labute approximate surface area is 78.0 Å². The molecule has 0 saturated heterocycles. The third kappa shape index (κ3) is 3.56. The van der Waals surface area contributed by atoms with Gasteiger partial charge in [0.2, 0.25) is 5.91 Å². The minimum atomic E-state index is -0.161. The molecule has 0 aliphatic rings. The minimum absolute atomic E-state index is 0.00130. The SMILES string of the molecule is CC(=O)NC(C)(CBr)CBr.